The van der Waals surface area contributed by atoms with Crippen LogP contribution in [0.4, 0.5) is 0 Å². The van der Waals surface area contributed by atoms with Crippen LogP contribution in [0.5, 0.6) is 0 Å². The Hall–Kier alpha value is -2.22. The Balaban J connectivity index is 2.44. The van der Waals surface area contributed by atoms with Crippen LogP contribution in [0.15, 0.2) is 48.5 Å². The predicted octanol–water partition coefficient (Wildman–Crippen LogP) is 3.64. The highest BCUT2D eigenvalue weighted by atomic mass is 16.1. The maximum absolute atomic E-state index is 10.9. The van der Waals surface area contributed by atoms with Crippen molar-refractivity contribution in [3.05, 3.63) is 70.8 Å². The van der Waals surface area contributed by atoms with Gasteiger partial charge in [0.25, 0.3) is 0 Å². The highest BCUT2D eigenvalue weighted by molar-refractivity contribution is 5.76. The lowest BCUT2D eigenvalue weighted by atomic mass is 9.77. The van der Waals surface area contributed by atoms with Gasteiger partial charge in [0, 0.05) is 16.5 Å². The third-order valence-corrected chi connectivity index (χ3v) is 3.51. The van der Waals surface area contributed by atoms with Crippen molar-refractivity contribution in [3.8, 4) is 0 Å². The van der Waals surface area contributed by atoms with E-state index in [2.05, 4.69) is 13.8 Å². The van der Waals surface area contributed by atoms with E-state index in [0.29, 0.717) is 11.1 Å². The first-order chi connectivity index (χ1) is 9.07. The van der Waals surface area contributed by atoms with E-state index < -0.39 is 0 Å². The lowest BCUT2D eigenvalue weighted by Crippen LogP contribution is -2.19. The van der Waals surface area contributed by atoms with E-state index in [1.165, 1.54) is 0 Å². The maximum Gasteiger partial charge on any atom is 0.150 e. The largest absolute Gasteiger partial charge is 0.298 e. The molecule has 0 fully saturated rings. The van der Waals surface area contributed by atoms with Gasteiger partial charge in [-0.3, -0.25) is 9.59 Å². The Morgan fingerprint density at radius 1 is 0.789 bits per heavy atom. The number of carbonyl (C=O) groups excluding carboxylic acids is 2. The molecule has 0 atom stereocenters. The molecule has 0 aliphatic rings. The molecular formula is C17H16O2. The second kappa shape index (κ2) is 5.19. The van der Waals surface area contributed by atoms with Crippen LogP contribution >= 0.6 is 0 Å². The Labute approximate surface area is 113 Å². The Morgan fingerprint density at radius 3 is 2.00 bits per heavy atom. The first-order valence-electron chi connectivity index (χ1n) is 6.19. The lowest BCUT2D eigenvalue weighted by molar-refractivity contribution is 0.111. The Kier molecular flexibility index (Phi) is 3.61. The second-order valence-electron chi connectivity index (χ2n) is 5.11. The standard InChI is InChI=1S/C17H16O2/c1-17(2,15-8-6-13(11-18)7-9-15)16-5-3-4-14(10-16)12-19/h3-12H,1-2H3. The summed E-state index contributed by atoms with van der Waals surface area (Å²) >= 11 is 0. The van der Waals surface area contributed by atoms with E-state index in [4.69, 9.17) is 0 Å². The summed E-state index contributed by atoms with van der Waals surface area (Å²) in [7, 11) is 0. The fourth-order valence-electron chi connectivity index (χ4n) is 2.15. The van der Waals surface area contributed by atoms with Gasteiger partial charge in [0.2, 0.25) is 0 Å². The van der Waals surface area contributed by atoms with E-state index in [-0.39, 0.29) is 5.41 Å². The van der Waals surface area contributed by atoms with Crippen LogP contribution in [0, 0.1) is 0 Å². The second-order valence-corrected chi connectivity index (χ2v) is 5.11. The van der Waals surface area contributed by atoms with Crippen molar-refractivity contribution in [1.29, 1.82) is 0 Å². The van der Waals surface area contributed by atoms with Gasteiger partial charge in [0.05, 0.1) is 0 Å². The van der Waals surface area contributed by atoms with Crippen LogP contribution in [-0.4, -0.2) is 12.6 Å². The average molecular weight is 252 g/mol. The van der Waals surface area contributed by atoms with Crippen LogP contribution in [0.3, 0.4) is 0 Å². The molecular weight excluding hydrogens is 236 g/mol. The minimum atomic E-state index is -0.208. The van der Waals surface area contributed by atoms with Gasteiger partial charge < -0.3 is 0 Å². The average Bonchev–Trinajstić information content (AvgIpc) is 2.47. The molecule has 2 rings (SSSR count). The van der Waals surface area contributed by atoms with Crippen molar-refractivity contribution in [1.82, 2.24) is 0 Å². The summed E-state index contributed by atoms with van der Waals surface area (Å²) in [5.41, 5.74) is 3.33. The Morgan fingerprint density at radius 2 is 1.42 bits per heavy atom. The zero-order valence-electron chi connectivity index (χ0n) is 11.1. The summed E-state index contributed by atoms with van der Waals surface area (Å²) in [6.07, 6.45) is 1.69. The van der Waals surface area contributed by atoms with Gasteiger partial charge in [-0.05, 0) is 17.2 Å². The zero-order valence-corrected chi connectivity index (χ0v) is 11.1. The monoisotopic (exact) mass is 252 g/mol. The molecule has 0 bridgehead atoms. The van der Waals surface area contributed by atoms with Crippen LogP contribution in [-0.2, 0) is 5.41 Å². The third-order valence-electron chi connectivity index (χ3n) is 3.51. The zero-order chi connectivity index (χ0) is 13.9. The quantitative estimate of drug-likeness (QED) is 0.778. The minimum Gasteiger partial charge on any atom is -0.298 e. The highest BCUT2D eigenvalue weighted by Gasteiger charge is 2.23. The molecule has 0 N–H and O–H groups in total. The molecule has 0 aliphatic heterocycles. The number of benzene rings is 2. The van der Waals surface area contributed by atoms with Crippen molar-refractivity contribution in [2.24, 2.45) is 0 Å². The van der Waals surface area contributed by atoms with Crippen molar-refractivity contribution < 1.29 is 9.59 Å². The van der Waals surface area contributed by atoms with E-state index in [1.54, 1.807) is 6.07 Å². The van der Waals surface area contributed by atoms with Crippen LogP contribution < -0.4 is 0 Å². The van der Waals surface area contributed by atoms with Gasteiger partial charge in [-0.1, -0.05) is 56.3 Å². The summed E-state index contributed by atoms with van der Waals surface area (Å²) in [6, 6.07) is 15.1. The van der Waals surface area contributed by atoms with Gasteiger partial charge in [-0.25, -0.2) is 0 Å². The maximum atomic E-state index is 10.9. The minimum absolute atomic E-state index is 0.208. The number of hydrogen-bond donors (Lipinski definition) is 0. The fraction of sp³-hybridized carbons (Fsp3) is 0.176. The molecule has 0 saturated carbocycles. The van der Waals surface area contributed by atoms with E-state index in [9.17, 15) is 9.59 Å². The molecule has 0 radical (unpaired) electrons. The van der Waals surface area contributed by atoms with Gasteiger partial charge in [0.15, 0.2) is 0 Å². The van der Waals surface area contributed by atoms with Crippen molar-refractivity contribution in [2.45, 2.75) is 19.3 Å². The summed E-state index contributed by atoms with van der Waals surface area (Å²) in [4.78, 5) is 21.5. The van der Waals surface area contributed by atoms with Crippen molar-refractivity contribution in [3.63, 3.8) is 0 Å². The molecule has 19 heavy (non-hydrogen) atoms. The van der Waals surface area contributed by atoms with Crippen LogP contribution in [0.2, 0.25) is 0 Å². The fourth-order valence-corrected chi connectivity index (χ4v) is 2.15. The summed E-state index contributed by atoms with van der Waals surface area (Å²) in [5.74, 6) is 0. The number of aldehydes is 2. The van der Waals surface area contributed by atoms with Gasteiger partial charge in [0.1, 0.15) is 12.6 Å². The van der Waals surface area contributed by atoms with Gasteiger partial charge >= 0.3 is 0 Å². The number of rotatable bonds is 4. The lowest BCUT2D eigenvalue weighted by Gasteiger charge is -2.26. The number of hydrogen-bond acceptors (Lipinski definition) is 2. The van der Waals surface area contributed by atoms with Gasteiger partial charge in [-0.15, -0.1) is 0 Å². The number of carbonyl (C=O) groups is 2. The highest BCUT2D eigenvalue weighted by Crippen LogP contribution is 2.31. The topological polar surface area (TPSA) is 34.1 Å². The first-order valence-corrected chi connectivity index (χ1v) is 6.19. The molecule has 0 heterocycles. The molecule has 2 nitrogen and oxygen atoms in total. The smallest absolute Gasteiger partial charge is 0.150 e. The molecule has 0 aromatic heterocycles. The molecule has 2 aromatic rings. The molecule has 0 unspecified atom stereocenters. The predicted molar refractivity (Wildman–Crippen MR) is 75.8 cm³/mol. The SMILES string of the molecule is CC(C)(c1ccc(C=O)cc1)c1cccc(C=O)c1. The van der Waals surface area contributed by atoms with E-state index in [1.807, 2.05) is 42.5 Å². The molecule has 2 heteroatoms. The van der Waals surface area contributed by atoms with E-state index in [0.717, 1.165) is 23.7 Å². The summed E-state index contributed by atoms with van der Waals surface area (Å²) < 4.78 is 0. The van der Waals surface area contributed by atoms with Crippen molar-refractivity contribution in [2.75, 3.05) is 0 Å². The first kappa shape index (κ1) is 13.2. The molecule has 0 aliphatic carbocycles. The Bertz CT molecular complexity index is 595. The van der Waals surface area contributed by atoms with E-state index >= 15 is 0 Å². The van der Waals surface area contributed by atoms with Crippen LogP contribution in [0.25, 0.3) is 0 Å². The summed E-state index contributed by atoms with van der Waals surface area (Å²) in [6.45, 7) is 4.21. The molecule has 0 saturated heterocycles. The van der Waals surface area contributed by atoms with Gasteiger partial charge in [-0.2, -0.15) is 0 Å². The normalized spacial score (nSPS) is 11.1. The van der Waals surface area contributed by atoms with Crippen molar-refractivity contribution >= 4 is 12.6 Å². The molecule has 0 amide bonds. The van der Waals surface area contributed by atoms with Crippen LogP contribution in [0.1, 0.15) is 45.7 Å². The molecule has 2 aromatic carbocycles. The summed E-state index contributed by atoms with van der Waals surface area (Å²) in [5, 5.41) is 0. The molecule has 0 spiro atoms. The third kappa shape index (κ3) is 2.63. The molecule has 96 valence electrons.